The van der Waals surface area contributed by atoms with E-state index in [9.17, 15) is 4.79 Å². The largest absolute Gasteiger partial charge is 0.446 e. The molecule has 2 unspecified atom stereocenters. The first kappa shape index (κ1) is 30.2. The Morgan fingerprint density at radius 1 is 0.833 bits per heavy atom. The van der Waals surface area contributed by atoms with E-state index in [0.717, 1.165) is 88.4 Å². The van der Waals surface area contributed by atoms with Crippen molar-refractivity contribution < 1.29 is 14.3 Å². The first-order valence-corrected chi connectivity index (χ1v) is 15.5. The van der Waals surface area contributed by atoms with Crippen LogP contribution in [0.3, 0.4) is 0 Å². The van der Waals surface area contributed by atoms with Gasteiger partial charge >= 0.3 is 6.09 Å². The number of likely N-dealkylation sites (tertiary alicyclic amines) is 1. The van der Waals surface area contributed by atoms with Crippen LogP contribution in [0.2, 0.25) is 0 Å². The molecular weight excluding hydrogens is 524 g/mol. The monoisotopic (exact) mass is 570 g/mol. The summed E-state index contributed by atoms with van der Waals surface area (Å²) in [5, 5.41) is 6.56. The van der Waals surface area contributed by atoms with Crippen LogP contribution in [0.5, 0.6) is 0 Å². The Bertz CT molecular complexity index is 1230. The van der Waals surface area contributed by atoms with Crippen LogP contribution in [0.15, 0.2) is 78.9 Å². The highest BCUT2D eigenvalue weighted by molar-refractivity contribution is 5.91. The average Bonchev–Trinajstić information content (AvgIpc) is 2.99. The summed E-state index contributed by atoms with van der Waals surface area (Å²) in [7, 11) is 0. The molecule has 7 heteroatoms. The molecule has 1 amide bonds. The predicted octanol–water partition coefficient (Wildman–Crippen LogP) is 5.81. The second-order valence-corrected chi connectivity index (χ2v) is 11.8. The number of benzene rings is 3. The molecule has 224 valence electrons. The topological polar surface area (TPSA) is 66.1 Å². The number of nitrogens with one attached hydrogen (secondary N) is 2. The van der Waals surface area contributed by atoms with Gasteiger partial charge in [0.1, 0.15) is 6.10 Å². The van der Waals surface area contributed by atoms with E-state index in [1.165, 1.54) is 11.1 Å². The Morgan fingerprint density at radius 2 is 1.50 bits per heavy atom. The maximum absolute atomic E-state index is 12.7. The summed E-state index contributed by atoms with van der Waals surface area (Å²) >= 11 is 0. The number of carbonyl (C=O) groups is 1. The SMILES string of the molecule is CC1CN(Cc2ccc(CCNCCN3CCC(OC(=O)Nc4ccccc4-c4ccccc4)CC3)cc2)CC(C)O1. The zero-order chi connectivity index (χ0) is 29.1. The van der Waals surface area contributed by atoms with Gasteiger partial charge in [0.2, 0.25) is 0 Å². The van der Waals surface area contributed by atoms with Gasteiger partial charge in [0.25, 0.3) is 0 Å². The van der Waals surface area contributed by atoms with Crippen LogP contribution in [0.1, 0.15) is 37.8 Å². The fraction of sp³-hybridized carbons (Fsp3) is 0.457. The van der Waals surface area contributed by atoms with Crippen molar-refractivity contribution in [3.05, 3.63) is 90.0 Å². The second-order valence-electron chi connectivity index (χ2n) is 11.8. The normalized spacial score (nSPS) is 20.3. The Hall–Kier alpha value is -3.23. The first-order valence-electron chi connectivity index (χ1n) is 15.5. The number of ether oxygens (including phenoxy) is 2. The number of hydrogen-bond donors (Lipinski definition) is 2. The molecule has 2 atom stereocenters. The number of morpholine rings is 1. The van der Waals surface area contributed by atoms with Crippen molar-refractivity contribution in [3.63, 3.8) is 0 Å². The molecule has 0 spiro atoms. The average molecular weight is 571 g/mol. The van der Waals surface area contributed by atoms with Gasteiger partial charge in [-0.15, -0.1) is 0 Å². The van der Waals surface area contributed by atoms with Crippen LogP contribution in [0.25, 0.3) is 11.1 Å². The van der Waals surface area contributed by atoms with Gasteiger partial charge in [-0.25, -0.2) is 4.79 Å². The van der Waals surface area contributed by atoms with Crippen molar-refractivity contribution in [2.75, 3.05) is 51.1 Å². The van der Waals surface area contributed by atoms with Crippen molar-refractivity contribution in [2.24, 2.45) is 0 Å². The van der Waals surface area contributed by atoms with Gasteiger partial charge in [0.05, 0.1) is 17.9 Å². The number of carbonyl (C=O) groups excluding carboxylic acids is 1. The summed E-state index contributed by atoms with van der Waals surface area (Å²) in [6.07, 6.45) is 2.95. The molecule has 3 aromatic rings. The molecule has 5 rings (SSSR count). The minimum Gasteiger partial charge on any atom is -0.446 e. The summed E-state index contributed by atoms with van der Waals surface area (Å²) in [6.45, 7) is 12.2. The fourth-order valence-electron chi connectivity index (χ4n) is 6.08. The van der Waals surface area contributed by atoms with E-state index in [-0.39, 0.29) is 12.2 Å². The highest BCUT2D eigenvalue weighted by atomic mass is 16.6. The van der Waals surface area contributed by atoms with Crippen LogP contribution in [-0.4, -0.2) is 80.0 Å². The van der Waals surface area contributed by atoms with Crippen molar-refractivity contribution in [3.8, 4) is 11.1 Å². The molecule has 0 saturated carbocycles. The zero-order valence-corrected chi connectivity index (χ0v) is 25.1. The van der Waals surface area contributed by atoms with Crippen LogP contribution in [0, 0.1) is 0 Å². The lowest BCUT2D eigenvalue weighted by Crippen LogP contribution is -2.44. The lowest BCUT2D eigenvalue weighted by atomic mass is 10.0. The highest BCUT2D eigenvalue weighted by Crippen LogP contribution is 2.28. The molecular formula is C35H46N4O3. The molecule has 0 radical (unpaired) electrons. The number of anilines is 1. The lowest BCUT2D eigenvalue weighted by Gasteiger charge is -2.35. The van der Waals surface area contributed by atoms with Gasteiger partial charge in [0.15, 0.2) is 0 Å². The summed E-state index contributed by atoms with van der Waals surface area (Å²) in [4.78, 5) is 17.6. The molecule has 0 aromatic heterocycles. The van der Waals surface area contributed by atoms with E-state index >= 15 is 0 Å². The number of hydrogen-bond acceptors (Lipinski definition) is 6. The number of rotatable bonds is 11. The van der Waals surface area contributed by atoms with E-state index in [4.69, 9.17) is 9.47 Å². The predicted molar refractivity (Wildman–Crippen MR) is 170 cm³/mol. The van der Waals surface area contributed by atoms with E-state index in [1.807, 2.05) is 54.6 Å². The molecule has 42 heavy (non-hydrogen) atoms. The molecule has 2 N–H and O–H groups in total. The quantitative estimate of drug-likeness (QED) is 0.284. The molecule has 2 saturated heterocycles. The van der Waals surface area contributed by atoms with Gasteiger partial charge in [-0.1, -0.05) is 72.8 Å². The molecule has 2 fully saturated rings. The maximum atomic E-state index is 12.7. The third-order valence-corrected chi connectivity index (χ3v) is 8.18. The minimum absolute atomic E-state index is 0.0453. The number of para-hydroxylation sites is 1. The molecule has 2 aliphatic heterocycles. The molecule has 2 heterocycles. The van der Waals surface area contributed by atoms with Crippen molar-refractivity contribution in [2.45, 2.75) is 58.0 Å². The van der Waals surface area contributed by atoms with Crippen LogP contribution < -0.4 is 10.6 Å². The molecule has 0 aliphatic carbocycles. The fourth-order valence-corrected chi connectivity index (χ4v) is 6.08. The Labute approximate surface area is 251 Å². The summed E-state index contributed by atoms with van der Waals surface area (Å²) in [6, 6.07) is 27.0. The van der Waals surface area contributed by atoms with Crippen molar-refractivity contribution in [1.29, 1.82) is 0 Å². The Balaban J connectivity index is 0.949. The van der Waals surface area contributed by atoms with Gasteiger partial charge in [-0.05, 0) is 62.4 Å². The van der Waals surface area contributed by atoms with Gasteiger partial charge in [-0.2, -0.15) is 0 Å². The van der Waals surface area contributed by atoms with Crippen LogP contribution in [0.4, 0.5) is 10.5 Å². The first-order chi connectivity index (χ1) is 20.5. The summed E-state index contributed by atoms with van der Waals surface area (Å²) in [5.41, 5.74) is 5.57. The van der Waals surface area contributed by atoms with Gasteiger partial charge < -0.3 is 19.7 Å². The molecule has 2 aliphatic rings. The van der Waals surface area contributed by atoms with E-state index in [1.54, 1.807) is 0 Å². The second kappa shape index (κ2) is 15.3. The van der Waals surface area contributed by atoms with Crippen LogP contribution >= 0.6 is 0 Å². The van der Waals surface area contributed by atoms with E-state index in [2.05, 4.69) is 58.5 Å². The standard InChI is InChI=1S/C35H46N4O3/c1-27-24-39(25-28(2)41-27)26-30-14-12-29(13-15-30)16-19-36-20-23-38-21-17-32(18-22-38)42-35(40)37-34-11-7-6-10-33(34)31-8-4-3-5-9-31/h3-15,27-28,32,36H,16-26H2,1-2H3,(H,37,40). The smallest absolute Gasteiger partial charge is 0.411 e. The van der Waals surface area contributed by atoms with Crippen LogP contribution in [-0.2, 0) is 22.4 Å². The van der Waals surface area contributed by atoms with Gasteiger partial charge in [0, 0.05) is 51.4 Å². The summed E-state index contributed by atoms with van der Waals surface area (Å²) < 4.78 is 11.6. The molecule has 7 nitrogen and oxygen atoms in total. The maximum Gasteiger partial charge on any atom is 0.411 e. The Morgan fingerprint density at radius 3 is 2.24 bits per heavy atom. The lowest BCUT2D eigenvalue weighted by molar-refractivity contribution is -0.0704. The van der Waals surface area contributed by atoms with Crippen molar-refractivity contribution in [1.82, 2.24) is 15.1 Å². The van der Waals surface area contributed by atoms with E-state index in [0.29, 0.717) is 12.2 Å². The highest BCUT2D eigenvalue weighted by Gasteiger charge is 2.23. The van der Waals surface area contributed by atoms with Crippen molar-refractivity contribution >= 4 is 11.8 Å². The molecule has 0 bridgehead atoms. The summed E-state index contributed by atoms with van der Waals surface area (Å²) in [5.74, 6) is 0. The third kappa shape index (κ3) is 9.13. The van der Waals surface area contributed by atoms with Gasteiger partial charge in [-0.3, -0.25) is 10.2 Å². The number of nitrogens with zero attached hydrogens (tertiary/aromatic N) is 2. The Kier molecular flexibility index (Phi) is 11.0. The minimum atomic E-state index is -0.378. The third-order valence-electron chi connectivity index (χ3n) is 8.18. The zero-order valence-electron chi connectivity index (χ0n) is 25.1. The number of amides is 1. The number of piperidine rings is 1. The molecule has 3 aromatic carbocycles. The van der Waals surface area contributed by atoms with E-state index < -0.39 is 0 Å².